The van der Waals surface area contributed by atoms with Crippen LogP contribution >= 0.6 is 0 Å². The number of aromatic nitrogens is 2. The first kappa shape index (κ1) is 13.9. The van der Waals surface area contributed by atoms with E-state index in [2.05, 4.69) is 9.88 Å². The molecule has 2 unspecified atom stereocenters. The van der Waals surface area contributed by atoms with E-state index in [9.17, 15) is 9.90 Å². The van der Waals surface area contributed by atoms with Gasteiger partial charge in [0.05, 0.1) is 23.6 Å². The van der Waals surface area contributed by atoms with Gasteiger partial charge in [-0.3, -0.25) is 4.40 Å². The minimum Gasteiger partial charge on any atom is -0.477 e. The summed E-state index contributed by atoms with van der Waals surface area (Å²) < 4.78 is 7.39. The lowest BCUT2D eigenvalue weighted by molar-refractivity contribution is -0.00524. The standard InChI is InChI=1S/C15H19N3O3/c1-9-6-17(7-10(2)21-9)12-4-5-13-16-11(3)14(15(19)20)18(13)8-12/h4-5,8-10H,6-7H2,1-3H3,(H,19,20). The first-order valence-electron chi connectivity index (χ1n) is 7.08. The van der Waals surface area contributed by atoms with Crippen molar-refractivity contribution in [2.24, 2.45) is 0 Å². The molecule has 0 radical (unpaired) electrons. The van der Waals surface area contributed by atoms with Gasteiger partial charge in [-0.15, -0.1) is 0 Å². The van der Waals surface area contributed by atoms with Gasteiger partial charge >= 0.3 is 5.97 Å². The summed E-state index contributed by atoms with van der Waals surface area (Å²) in [6.45, 7) is 7.41. The zero-order chi connectivity index (χ0) is 15.1. The molecule has 0 spiro atoms. The molecule has 6 nitrogen and oxygen atoms in total. The predicted molar refractivity (Wildman–Crippen MR) is 79.1 cm³/mol. The van der Waals surface area contributed by atoms with Gasteiger partial charge < -0.3 is 14.7 Å². The van der Waals surface area contributed by atoms with Crippen LogP contribution in [0, 0.1) is 6.92 Å². The summed E-state index contributed by atoms with van der Waals surface area (Å²) in [5.74, 6) is -0.958. The number of carboxylic acid groups (broad SMARTS) is 1. The zero-order valence-electron chi connectivity index (χ0n) is 12.4. The van der Waals surface area contributed by atoms with Crippen LogP contribution in [-0.4, -0.2) is 45.8 Å². The summed E-state index contributed by atoms with van der Waals surface area (Å²) in [6.07, 6.45) is 2.17. The molecule has 2 atom stereocenters. The maximum Gasteiger partial charge on any atom is 0.354 e. The van der Waals surface area contributed by atoms with E-state index in [1.165, 1.54) is 0 Å². The number of morpholine rings is 1. The number of pyridine rings is 1. The Kier molecular flexibility index (Phi) is 3.33. The molecule has 1 saturated heterocycles. The van der Waals surface area contributed by atoms with Crippen molar-refractivity contribution in [1.82, 2.24) is 9.38 Å². The van der Waals surface area contributed by atoms with Gasteiger partial charge in [0, 0.05) is 19.3 Å². The highest BCUT2D eigenvalue weighted by Crippen LogP contribution is 2.22. The summed E-state index contributed by atoms with van der Waals surface area (Å²) in [5, 5.41) is 9.34. The molecular weight excluding hydrogens is 270 g/mol. The van der Waals surface area contributed by atoms with Crippen LogP contribution in [0.5, 0.6) is 0 Å². The number of imidazole rings is 1. The van der Waals surface area contributed by atoms with Crippen LogP contribution in [0.1, 0.15) is 30.0 Å². The fourth-order valence-corrected chi connectivity index (χ4v) is 2.98. The Bertz CT molecular complexity index is 685. The third-order valence-corrected chi connectivity index (χ3v) is 3.76. The second-order valence-electron chi connectivity index (χ2n) is 5.63. The van der Waals surface area contributed by atoms with Gasteiger partial charge in [0.1, 0.15) is 5.65 Å². The summed E-state index contributed by atoms with van der Waals surface area (Å²) in [7, 11) is 0. The number of carbonyl (C=O) groups is 1. The molecule has 1 fully saturated rings. The SMILES string of the molecule is Cc1nc2ccc(N3CC(C)OC(C)C3)cn2c1C(=O)O. The van der Waals surface area contributed by atoms with Crippen LogP contribution in [0.25, 0.3) is 5.65 Å². The minimum atomic E-state index is -0.958. The van der Waals surface area contributed by atoms with Crippen LogP contribution < -0.4 is 4.90 Å². The molecule has 2 aromatic rings. The highest BCUT2D eigenvalue weighted by Gasteiger charge is 2.23. The summed E-state index contributed by atoms with van der Waals surface area (Å²) in [4.78, 5) is 17.9. The van der Waals surface area contributed by atoms with E-state index in [-0.39, 0.29) is 17.9 Å². The highest BCUT2D eigenvalue weighted by atomic mass is 16.5. The van der Waals surface area contributed by atoms with E-state index >= 15 is 0 Å². The molecule has 0 saturated carbocycles. The zero-order valence-corrected chi connectivity index (χ0v) is 12.4. The van der Waals surface area contributed by atoms with Crippen molar-refractivity contribution < 1.29 is 14.6 Å². The summed E-state index contributed by atoms with van der Waals surface area (Å²) >= 11 is 0. The molecule has 0 aromatic carbocycles. The largest absolute Gasteiger partial charge is 0.477 e. The maximum atomic E-state index is 11.4. The third-order valence-electron chi connectivity index (χ3n) is 3.76. The Hall–Kier alpha value is -2.08. The summed E-state index contributed by atoms with van der Waals surface area (Å²) in [6, 6.07) is 3.84. The number of rotatable bonds is 2. The average molecular weight is 289 g/mol. The van der Waals surface area contributed by atoms with Crippen molar-refractivity contribution in [2.45, 2.75) is 33.0 Å². The number of hydrogen-bond donors (Lipinski definition) is 1. The van der Waals surface area contributed by atoms with E-state index < -0.39 is 5.97 Å². The van der Waals surface area contributed by atoms with Gasteiger partial charge in [0.15, 0.2) is 5.69 Å². The smallest absolute Gasteiger partial charge is 0.354 e. The first-order valence-corrected chi connectivity index (χ1v) is 7.08. The normalized spacial score (nSPS) is 22.7. The fourth-order valence-electron chi connectivity index (χ4n) is 2.98. The number of fused-ring (bicyclic) bond motifs is 1. The molecule has 21 heavy (non-hydrogen) atoms. The van der Waals surface area contributed by atoms with Crippen molar-refractivity contribution >= 4 is 17.3 Å². The fraction of sp³-hybridized carbons (Fsp3) is 0.467. The topological polar surface area (TPSA) is 67.1 Å². The number of aromatic carboxylic acids is 1. The van der Waals surface area contributed by atoms with Crippen LogP contribution in [0.15, 0.2) is 18.3 Å². The molecule has 2 aromatic heterocycles. The van der Waals surface area contributed by atoms with Gasteiger partial charge in [0.25, 0.3) is 0 Å². The quantitative estimate of drug-likeness (QED) is 0.915. The Morgan fingerprint density at radius 1 is 1.33 bits per heavy atom. The van der Waals surface area contributed by atoms with Crippen molar-refractivity contribution in [2.75, 3.05) is 18.0 Å². The van der Waals surface area contributed by atoms with Gasteiger partial charge in [-0.2, -0.15) is 0 Å². The van der Waals surface area contributed by atoms with E-state index in [0.29, 0.717) is 11.3 Å². The van der Waals surface area contributed by atoms with Crippen molar-refractivity contribution in [3.8, 4) is 0 Å². The average Bonchev–Trinajstić information content (AvgIpc) is 2.72. The molecule has 6 heteroatoms. The molecule has 0 amide bonds. The predicted octanol–water partition coefficient (Wildman–Crippen LogP) is 1.95. The molecule has 1 N–H and O–H groups in total. The van der Waals surface area contributed by atoms with Gasteiger partial charge in [-0.25, -0.2) is 9.78 Å². The van der Waals surface area contributed by atoms with Gasteiger partial charge in [-0.05, 0) is 32.9 Å². The number of carboxylic acids is 1. The van der Waals surface area contributed by atoms with Crippen LogP contribution in [0.2, 0.25) is 0 Å². The van der Waals surface area contributed by atoms with Gasteiger partial charge in [0.2, 0.25) is 0 Å². The van der Waals surface area contributed by atoms with E-state index in [4.69, 9.17) is 4.74 Å². The Balaban J connectivity index is 2.04. The molecule has 112 valence electrons. The Morgan fingerprint density at radius 3 is 2.62 bits per heavy atom. The number of nitrogens with zero attached hydrogens (tertiary/aromatic N) is 3. The molecule has 1 aliphatic heterocycles. The van der Waals surface area contributed by atoms with Crippen LogP contribution in [-0.2, 0) is 4.74 Å². The number of aryl methyl sites for hydroxylation is 1. The van der Waals surface area contributed by atoms with E-state index in [1.807, 2.05) is 32.2 Å². The maximum absolute atomic E-state index is 11.4. The molecule has 3 heterocycles. The summed E-state index contributed by atoms with van der Waals surface area (Å²) in [5.41, 5.74) is 2.40. The minimum absolute atomic E-state index is 0.160. The second kappa shape index (κ2) is 5.04. The van der Waals surface area contributed by atoms with Crippen molar-refractivity contribution in [1.29, 1.82) is 0 Å². The van der Waals surface area contributed by atoms with Gasteiger partial charge in [-0.1, -0.05) is 0 Å². The number of anilines is 1. The number of hydrogen-bond acceptors (Lipinski definition) is 4. The lowest BCUT2D eigenvalue weighted by Gasteiger charge is -2.36. The Labute approximate surface area is 123 Å². The Morgan fingerprint density at radius 2 is 2.00 bits per heavy atom. The highest BCUT2D eigenvalue weighted by molar-refractivity contribution is 5.88. The van der Waals surface area contributed by atoms with E-state index in [0.717, 1.165) is 18.8 Å². The lowest BCUT2D eigenvalue weighted by atomic mass is 10.2. The third kappa shape index (κ3) is 2.47. The van der Waals surface area contributed by atoms with Crippen LogP contribution in [0.3, 0.4) is 0 Å². The number of ether oxygens (including phenoxy) is 1. The van der Waals surface area contributed by atoms with Crippen molar-refractivity contribution in [3.05, 3.63) is 29.7 Å². The van der Waals surface area contributed by atoms with Crippen molar-refractivity contribution in [3.63, 3.8) is 0 Å². The molecule has 1 aliphatic rings. The van der Waals surface area contributed by atoms with Crippen LogP contribution in [0.4, 0.5) is 5.69 Å². The lowest BCUT2D eigenvalue weighted by Crippen LogP contribution is -2.45. The molecule has 0 bridgehead atoms. The first-order chi connectivity index (χ1) is 9.95. The second-order valence-corrected chi connectivity index (χ2v) is 5.63. The molecular formula is C15H19N3O3. The van der Waals surface area contributed by atoms with E-state index in [1.54, 1.807) is 11.3 Å². The molecule has 3 rings (SSSR count). The monoisotopic (exact) mass is 289 g/mol. The molecule has 0 aliphatic carbocycles.